The van der Waals surface area contributed by atoms with Gasteiger partial charge in [0.1, 0.15) is 5.76 Å². The Morgan fingerprint density at radius 3 is 2.92 bits per heavy atom. The zero-order valence-corrected chi connectivity index (χ0v) is 17.9. The van der Waals surface area contributed by atoms with Crippen LogP contribution < -0.4 is 10.6 Å². The van der Waals surface area contributed by atoms with Gasteiger partial charge < -0.3 is 15.1 Å². The molecule has 138 valence electrons. The molecule has 2 aromatic rings. The number of furan rings is 1. The number of nitrogens with one attached hydrogen (secondary N) is 2. The molecule has 25 heavy (non-hydrogen) atoms. The van der Waals surface area contributed by atoms with Crippen LogP contribution in [-0.4, -0.2) is 38.0 Å². The molecule has 1 fully saturated rings. The number of piperidine rings is 1. The number of rotatable bonds is 5. The van der Waals surface area contributed by atoms with Crippen LogP contribution in [0.5, 0.6) is 0 Å². The van der Waals surface area contributed by atoms with Gasteiger partial charge in [-0.2, -0.15) is 0 Å². The molecule has 7 heteroatoms. The highest BCUT2D eigenvalue weighted by atomic mass is 127. The van der Waals surface area contributed by atoms with Gasteiger partial charge in [-0.1, -0.05) is 6.07 Å². The van der Waals surface area contributed by atoms with E-state index < -0.39 is 0 Å². The molecule has 2 atom stereocenters. The molecule has 3 heterocycles. The Hall–Kier alpha value is -1.06. The highest BCUT2D eigenvalue weighted by Crippen LogP contribution is 2.36. The fourth-order valence-corrected chi connectivity index (χ4v) is 4.40. The normalized spacial score (nSPS) is 21.6. The fourth-order valence-electron chi connectivity index (χ4n) is 3.41. The van der Waals surface area contributed by atoms with Crippen molar-refractivity contribution in [2.75, 3.05) is 27.2 Å². The van der Waals surface area contributed by atoms with E-state index in [-0.39, 0.29) is 24.0 Å². The van der Waals surface area contributed by atoms with Gasteiger partial charge in [0.25, 0.3) is 0 Å². The van der Waals surface area contributed by atoms with E-state index in [0.717, 1.165) is 18.3 Å². The summed E-state index contributed by atoms with van der Waals surface area (Å²) in [5, 5.41) is 8.97. The van der Waals surface area contributed by atoms with Gasteiger partial charge in [-0.3, -0.25) is 9.89 Å². The Labute approximate surface area is 170 Å². The number of aliphatic imine (C=N–C) groups is 1. The first-order valence-electron chi connectivity index (χ1n) is 8.48. The minimum atomic E-state index is 0. The van der Waals surface area contributed by atoms with Crippen LogP contribution in [0, 0.1) is 5.92 Å². The summed E-state index contributed by atoms with van der Waals surface area (Å²) >= 11 is 1.86. The summed E-state index contributed by atoms with van der Waals surface area (Å²) in [5.41, 5.74) is 0. The third-order valence-corrected chi connectivity index (χ3v) is 5.55. The third kappa shape index (κ3) is 5.46. The van der Waals surface area contributed by atoms with Gasteiger partial charge >= 0.3 is 0 Å². The molecule has 2 unspecified atom stereocenters. The topological polar surface area (TPSA) is 52.8 Å². The SMILES string of the molecule is CN=C(NCc1ccco1)NCC1CCCN(C)C1c1cccs1.I. The summed E-state index contributed by atoms with van der Waals surface area (Å²) in [6.07, 6.45) is 4.19. The van der Waals surface area contributed by atoms with E-state index in [1.807, 2.05) is 23.5 Å². The highest BCUT2D eigenvalue weighted by Gasteiger charge is 2.31. The van der Waals surface area contributed by atoms with Crippen molar-refractivity contribution in [3.05, 3.63) is 46.5 Å². The van der Waals surface area contributed by atoms with Gasteiger partial charge in [0.2, 0.25) is 0 Å². The summed E-state index contributed by atoms with van der Waals surface area (Å²) in [5.74, 6) is 2.32. The Balaban J connectivity index is 0.00000225. The van der Waals surface area contributed by atoms with Crippen LogP contribution >= 0.6 is 35.3 Å². The quantitative estimate of drug-likeness (QED) is 0.394. The van der Waals surface area contributed by atoms with Gasteiger partial charge in [0.15, 0.2) is 5.96 Å². The van der Waals surface area contributed by atoms with Crippen LogP contribution in [-0.2, 0) is 6.54 Å². The van der Waals surface area contributed by atoms with E-state index in [0.29, 0.717) is 18.5 Å². The molecule has 0 spiro atoms. The minimum Gasteiger partial charge on any atom is -0.467 e. The predicted octanol–water partition coefficient (Wildman–Crippen LogP) is 3.71. The molecule has 0 bridgehead atoms. The zero-order chi connectivity index (χ0) is 16.8. The number of nitrogens with zero attached hydrogens (tertiary/aromatic N) is 2. The molecule has 2 N–H and O–H groups in total. The average molecular weight is 474 g/mol. The van der Waals surface area contributed by atoms with Gasteiger partial charge in [-0.15, -0.1) is 35.3 Å². The summed E-state index contributed by atoms with van der Waals surface area (Å²) in [4.78, 5) is 8.27. The first-order valence-corrected chi connectivity index (χ1v) is 9.36. The number of hydrogen-bond acceptors (Lipinski definition) is 4. The standard InChI is InChI=1S/C18H26N4OS.HI/c1-19-18(21-13-15-7-4-10-23-15)20-12-14-6-3-9-22(2)17(14)16-8-5-11-24-16;/h4-5,7-8,10-11,14,17H,3,6,9,12-13H2,1-2H3,(H2,19,20,21);1H. The number of thiophene rings is 1. The maximum atomic E-state index is 5.35. The molecule has 0 aliphatic carbocycles. The lowest BCUT2D eigenvalue weighted by molar-refractivity contribution is 0.125. The second-order valence-corrected chi connectivity index (χ2v) is 7.21. The van der Waals surface area contributed by atoms with Crippen LogP contribution in [0.2, 0.25) is 0 Å². The van der Waals surface area contributed by atoms with E-state index in [1.54, 1.807) is 13.3 Å². The van der Waals surface area contributed by atoms with Crippen molar-refractivity contribution < 1.29 is 4.42 Å². The van der Waals surface area contributed by atoms with E-state index in [9.17, 15) is 0 Å². The average Bonchev–Trinajstić information content (AvgIpc) is 3.29. The molecule has 0 saturated carbocycles. The Morgan fingerprint density at radius 1 is 1.36 bits per heavy atom. The first kappa shape index (κ1) is 20.3. The third-order valence-electron chi connectivity index (χ3n) is 4.61. The van der Waals surface area contributed by atoms with Crippen LogP contribution in [0.15, 0.2) is 45.3 Å². The smallest absolute Gasteiger partial charge is 0.191 e. The van der Waals surface area contributed by atoms with Crippen molar-refractivity contribution in [1.29, 1.82) is 0 Å². The minimum absolute atomic E-state index is 0. The summed E-state index contributed by atoms with van der Waals surface area (Å²) in [7, 11) is 4.04. The summed E-state index contributed by atoms with van der Waals surface area (Å²) in [6.45, 7) is 2.74. The molecule has 1 aliphatic heterocycles. The number of hydrogen-bond donors (Lipinski definition) is 2. The number of halogens is 1. The monoisotopic (exact) mass is 474 g/mol. The number of likely N-dealkylation sites (tertiary alicyclic amines) is 1. The van der Waals surface area contributed by atoms with E-state index >= 15 is 0 Å². The van der Waals surface area contributed by atoms with Crippen molar-refractivity contribution in [1.82, 2.24) is 15.5 Å². The summed E-state index contributed by atoms with van der Waals surface area (Å²) in [6, 6.07) is 8.76. The van der Waals surface area contributed by atoms with Crippen molar-refractivity contribution >= 4 is 41.3 Å². The van der Waals surface area contributed by atoms with Gasteiger partial charge in [-0.25, -0.2) is 0 Å². The van der Waals surface area contributed by atoms with Crippen LogP contribution in [0.4, 0.5) is 0 Å². The summed E-state index contributed by atoms with van der Waals surface area (Å²) < 4.78 is 5.35. The predicted molar refractivity (Wildman–Crippen MR) is 115 cm³/mol. The lowest BCUT2D eigenvalue weighted by Gasteiger charge is -2.39. The maximum Gasteiger partial charge on any atom is 0.191 e. The highest BCUT2D eigenvalue weighted by molar-refractivity contribution is 14.0. The van der Waals surface area contributed by atoms with Gasteiger partial charge in [-0.05, 0) is 55.9 Å². The van der Waals surface area contributed by atoms with Crippen molar-refractivity contribution in [2.24, 2.45) is 10.9 Å². The van der Waals surface area contributed by atoms with Crippen molar-refractivity contribution in [3.8, 4) is 0 Å². The lowest BCUT2D eigenvalue weighted by Crippen LogP contribution is -2.44. The zero-order valence-electron chi connectivity index (χ0n) is 14.8. The van der Waals surface area contributed by atoms with Crippen molar-refractivity contribution in [2.45, 2.75) is 25.4 Å². The van der Waals surface area contributed by atoms with Crippen LogP contribution in [0.1, 0.15) is 29.5 Å². The second-order valence-electron chi connectivity index (χ2n) is 6.23. The Kier molecular flexibility index (Phi) is 8.25. The van der Waals surface area contributed by atoms with E-state index in [4.69, 9.17) is 4.42 Å². The Bertz CT molecular complexity index is 630. The van der Waals surface area contributed by atoms with Gasteiger partial charge in [0.05, 0.1) is 12.8 Å². The van der Waals surface area contributed by atoms with Gasteiger partial charge in [0, 0.05) is 24.5 Å². The van der Waals surface area contributed by atoms with E-state index in [1.165, 1.54) is 24.3 Å². The molecule has 1 aliphatic rings. The molecule has 3 rings (SSSR count). The maximum absolute atomic E-state index is 5.35. The molecule has 0 radical (unpaired) electrons. The Morgan fingerprint density at radius 2 is 2.24 bits per heavy atom. The van der Waals surface area contributed by atoms with Crippen LogP contribution in [0.25, 0.3) is 0 Å². The second kappa shape index (κ2) is 10.2. The lowest BCUT2D eigenvalue weighted by atomic mass is 9.88. The molecule has 0 aromatic carbocycles. The fraction of sp³-hybridized carbons (Fsp3) is 0.500. The van der Waals surface area contributed by atoms with E-state index in [2.05, 4.69) is 45.1 Å². The molecule has 1 saturated heterocycles. The number of guanidine groups is 1. The first-order chi connectivity index (χ1) is 11.8. The molecule has 2 aromatic heterocycles. The molecule has 5 nitrogen and oxygen atoms in total. The molecular weight excluding hydrogens is 447 g/mol. The largest absolute Gasteiger partial charge is 0.467 e. The molecule has 0 amide bonds. The van der Waals surface area contributed by atoms with Crippen molar-refractivity contribution in [3.63, 3.8) is 0 Å². The molecular formula is C18H27IN4OS. The van der Waals surface area contributed by atoms with Crippen LogP contribution in [0.3, 0.4) is 0 Å².